The molecule has 0 aliphatic heterocycles. The van der Waals surface area contributed by atoms with E-state index in [1.165, 1.54) is 13.3 Å². The lowest BCUT2D eigenvalue weighted by Crippen LogP contribution is -2.14. The number of nitrogens with two attached hydrogens (primary N) is 1. The SMILES string of the molecule is COC(=O)c1ccc(NC(=O)c2[nH]ncc2N)cc1. The number of esters is 1. The summed E-state index contributed by atoms with van der Waals surface area (Å²) in [6.45, 7) is 0. The molecule has 98 valence electrons. The molecule has 7 heteroatoms. The number of H-pyrrole nitrogens is 1. The minimum absolute atomic E-state index is 0.192. The average molecular weight is 260 g/mol. The highest BCUT2D eigenvalue weighted by molar-refractivity contribution is 6.06. The summed E-state index contributed by atoms with van der Waals surface area (Å²) in [5, 5.41) is 8.79. The molecule has 0 radical (unpaired) electrons. The zero-order valence-corrected chi connectivity index (χ0v) is 10.1. The number of nitrogens with one attached hydrogen (secondary N) is 2. The second-order valence-electron chi connectivity index (χ2n) is 3.72. The molecule has 19 heavy (non-hydrogen) atoms. The summed E-state index contributed by atoms with van der Waals surface area (Å²) in [6.07, 6.45) is 1.36. The van der Waals surface area contributed by atoms with Gasteiger partial charge in [0.05, 0.1) is 24.6 Å². The van der Waals surface area contributed by atoms with Crippen LogP contribution in [0.2, 0.25) is 0 Å². The highest BCUT2D eigenvalue weighted by Gasteiger charge is 2.12. The summed E-state index contributed by atoms with van der Waals surface area (Å²) in [6, 6.07) is 6.29. The Balaban J connectivity index is 2.10. The summed E-state index contributed by atoms with van der Waals surface area (Å²) in [4.78, 5) is 23.1. The number of aromatic amines is 1. The number of methoxy groups -OCH3 is 1. The molecule has 2 aromatic rings. The van der Waals surface area contributed by atoms with E-state index in [0.717, 1.165) is 0 Å². The molecule has 1 amide bonds. The van der Waals surface area contributed by atoms with Crippen molar-refractivity contribution in [3.63, 3.8) is 0 Å². The van der Waals surface area contributed by atoms with Crippen LogP contribution >= 0.6 is 0 Å². The van der Waals surface area contributed by atoms with Gasteiger partial charge in [-0.2, -0.15) is 5.10 Å². The summed E-state index contributed by atoms with van der Waals surface area (Å²) >= 11 is 0. The second-order valence-corrected chi connectivity index (χ2v) is 3.72. The van der Waals surface area contributed by atoms with Crippen LogP contribution < -0.4 is 11.1 Å². The van der Waals surface area contributed by atoms with E-state index in [1.54, 1.807) is 24.3 Å². The zero-order valence-electron chi connectivity index (χ0n) is 10.1. The van der Waals surface area contributed by atoms with Gasteiger partial charge in [0.15, 0.2) is 0 Å². The molecule has 7 nitrogen and oxygen atoms in total. The highest BCUT2D eigenvalue weighted by atomic mass is 16.5. The first-order chi connectivity index (χ1) is 9.11. The number of amides is 1. The van der Waals surface area contributed by atoms with Gasteiger partial charge in [-0.3, -0.25) is 9.89 Å². The molecule has 0 fully saturated rings. The molecule has 1 heterocycles. The van der Waals surface area contributed by atoms with E-state index < -0.39 is 11.9 Å². The van der Waals surface area contributed by atoms with Gasteiger partial charge in [0.1, 0.15) is 5.69 Å². The van der Waals surface area contributed by atoms with Crippen molar-refractivity contribution >= 4 is 23.3 Å². The van der Waals surface area contributed by atoms with Gasteiger partial charge in [0.2, 0.25) is 0 Å². The van der Waals surface area contributed by atoms with Gasteiger partial charge in [-0.15, -0.1) is 0 Å². The lowest BCUT2D eigenvalue weighted by molar-refractivity contribution is 0.0600. The smallest absolute Gasteiger partial charge is 0.337 e. The van der Waals surface area contributed by atoms with E-state index in [1.807, 2.05) is 0 Å². The zero-order chi connectivity index (χ0) is 13.8. The van der Waals surface area contributed by atoms with Gasteiger partial charge < -0.3 is 15.8 Å². The van der Waals surface area contributed by atoms with Crippen molar-refractivity contribution in [3.05, 3.63) is 41.7 Å². The maximum Gasteiger partial charge on any atom is 0.337 e. The number of hydrogen-bond acceptors (Lipinski definition) is 5. The van der Waals surface area contributed by atoms with Crippen LogP contribution in [0.15, 0.2) is 30.5 Å². The largest absolute Gasteiger partial charge is 0.465 e. The Morgan fingerprint density at radius 1 is 1.32 bits per heavy atom. The van der Waals surface area contributed by atoms with E-state index in [-0.39, 0.29) is 11.4 Å². The van der Waals surface area contributed by atoms with Crippen molar-refractivity contribution in [2.75, 3.05) is 18.2 Å². The lowest BCUT2D eigenvalue weighted by atomic mass is 10.2. The second kappa shape index (κ2) is 5.21. The molecule has 0 spiro atoms. The first kappa shape index (κ1) is 12.6. The predicted octanol–water partition coefficient (Wildman–Crippen LogP) is 1.03. The Hall–Kier alpha value is -2.83. The average Bonchev–Trinajstić information content (AvgIpc) is 2.85. The maximum absolute atomic E-state index is 11.8. The fourth-order valence-electron chi connectivity index (χ4n) is 1.48. The third-order valence-electron chi connectivity index (χ3n) is 2.46. The Morgan fingerprint density at radius 2 is 2.00 bits per heavy atom. The normalized spacial score (nSPS) is 9.95. The number of carbonyl (C=O) groups excluding carboxylic acids is 2. The van der Waals surface area contributed by atoms with Gasteiger partial charge >= 0.3 is 5.97 Å². The summed E-state index contributed by atoms with van der Waals surface area (Å²) in [5.74, 6) is -0.837. The molecule has 1 aromatic heterocycles. The minimum Gasteiger partial charge on any atom is -0.465 e. The monoisotopic (exact) mass is 260 g/mol. The van der Waals surface area contributed by atoms with E-state index >= 15 is 0 Å². The first-order valence-electron chi connectivity index (χ1n) is 5.40. The van der Waals surface area contributed by atoms with Crippen molar-refractivity contribution in [1.29, 1.82) is 0 Å². The minimum atomic E-state index is -0.435. The summed E-state index contributed by atoms with van der Waals surface area (Å²) in [7, 11) is 1.30. The fourth-order valence-corrected chi connectivity index (χ4v) is 1.48. The Kier molecular flexibility index (Phi) is 3.46. The van der Waals surface area contributed by atoms with Gasteiger partial charge in [-0.1, -0.05) is 0 Å². The molecule has 0 unspecified atom stereocenters. The number of carbonyl (C=O) groups is 2. The number of nitrogens with zero attached hydrogens (tertiary/aromatic N) is 1. The molecule has 1 aromatic carbocycles. The number of rotatable bonds is 3. The predicted molar refractivity (Wildman–Crippen MR) is 68.7 cm³/mol. The molecule has 0 aliphatic carbocycles. The standard InChI is InChI=1S/C12H12N4O3/c1-19-12(18)7-2-4-8(5-3-7)15-11(17)10-9(13)6-14-16-10/h2-6H,13H2,1H3,(H,14,16)(H,15,17). The third-order valence-corrected chi connectivity index (χ3v) is 2.46. The first-order valence-corrected chi connectivity index (χ1v) is 5.40. The number of ether oxygens (including phenoxy) is 1. The van der Waals surface area contributed by atoms with E-state index in [9.17, 15) is 9.59 Å². The van der Waals surface area contributed by atoms with Crippen molar-refractivity contribution in [2.24, 2.45) is 0 Å². The van der Waals surface area contributed by atoms with Crippen LogP contribution in [-0.2, 0) is 4.74 Å². The van der Waals surface area contributed by atoms with Crippen LogP contribution in [0.25, 0.3) is 0 Å². The molecule has 0 atom stereocenters. The Morgan fingerprint density at radius 3 is 2.53 bits per heavy atom. The van der Waals surface area contributed by atoms with Crippen molar-refractivity contribution in [2.45, 2.75) is 0 Å². The number of aromatic nitrogens is 2. The quantitative estimate of drug-likeness (QED) is 0.714. The maximum atomic E-state index is 11.8. The van der Waals surface area contributed by atoms with Crippen LogP contribution in [0.4, 0.5) is 11.4 Å². The molecule has 0 saturated heterocycles. The molecule has 4 N–H and O–H groups in total. The van der Waals surface area contributed by atoms with Crippen LogP contribution in [0.3, 0.4) is 0 Å². The molecular weight excluding hydrogens is 248 g/mol. The summed E-state index contributed by atoms with van der Waals surface area (Å²) < 4.78 is 4.58. The molecule has 0 bridgehead atoms. The third kappa shape index (κ3) is 2.71. The van der Waals surface area contributed by atoms with Crippen LogP contribution in [0.5, 0.6) is 0 Å². The van der Waals surface area contributed by atoms with Crippen LogP contribution in [-0.4, -0.2) is 29.2 Å². The lowest BCUT2D eigenvalue weighted by Gasteiger charge is -2.05. The fraction of sp³-hybridized carbons (Fsp3) is 0.0833. The molecule has 0 saturated carbocycles. The van der Waals surface area contributed by atoms with Gasteiger partial charge in [0.25, 0.3) is 5.91 Å². The van der Waals surface area contributed by atoms with E-state index in [0.29, 0.717) is 11.3 Å². The van der Waals surface area contributed by atoms with Crippen molar-refractivity contribution in [1.82, 2.24) is 10.2 Å². The number of anilines is 2. The van der Waals surface area contributed by atoms with Crippen LogP contribution in [0, 0.1) is 0 Å². The van der Waals surface area contributed by atoms with E-state index in [2.05, 4.69) is 20.3 Å². The highest BCUT2D eigenvalue weighted by Crippen LogP contribution is 2.13. The Bertz CT molecular complexity index is 604. The molecule has 0 aliphatic rings. The molecular formula is C12H12N4O3. The van der Waals surface area contributed by atoms with Crippen LogP contribution in [0.1, 0.15) is 20.8 Å². The number of nitrogen functional groups attached to an aromatic ring is 1. The summed E-state index contributed by atoms with van der Waals surface area (Å²) in [5.41, 5.74) is 6.96. The molecule has 2 rings (SSSR count). The van der Waals surface area contributed by atoms with Gasteiger partial charge in [0, 0.05) is 5.69 Å². The van der Waals surface area contributed by atoms with E-state index in [4.69, 9.17) is 5.73 Å². The topological polar surface area (TPSA) is 110 Å². The number of benzene rings is 1. The van der Waals surface area contributed by atoms with Crippen molar-refractivity contribution < 1.29 is 14.3 Å². The van der Waals surface area contributed by atoms with Gasteiger partial charge in [-0.25, -0.2) is 4.79 Å². The van der Waals surface area contributed by atoms with Gasteiger partial charge in [-0.05, 0) is 24.3 Å². The van der Waals surface area contributed by atoms with Crippen molar-refractivity contribution in [3.8, 4) is 0 Å². The Labute approximate surface area is 108 Å². The number of hydrogen-bond donors (Lipinski definition) is 3.